The van der Waals surface area contributed by atoms with Crippen molar-refractivity contribution in [1.29, 1.82) is 0 Å². The lowest BCUT2D eigenvalue weighted by Crippen LogP contribution is -2.41. The number of benzene rings is 2. The van der Waals surface area contributed by atoms with E-state index in [2.05, 4.69) is 10.9 Å². The van der Waals surface area contributed by atoms with Gasteiger partial charge >= 0.3 is 5.91 Å². The Morgan fingerprint density at radius 1 is 0.765 bits per heavy atom. The first-order valence-corrected chi connectivity index (χ1v) is 11.0. The second-order valence-corrected chi connectivity index (χ2v) is 6.88. The Labute approximate surface area is 197 Å². The molecule has 0 radical (unpaired) electrons. The van der Waals surface area contributed by atoms with Crippen LogP contribution in [0.4, 0.5) is 0 Å². The number of hydrazine groups is 1. The standard InChI is InChI=1S/C25H28N2O7/c1-4-30-21-14-17(15-22(31-5-2)23(21)32-6-3)24(28)26-27-25(29)20-13-12-19(34-20)16-33-18-10-8-7-9-11-18/h7-15H,4-6,16H2,1-3H3,(H,26,28)(H,27,29). The zero-order valence-electron chi connectivity index (χ0n) is 19.4. The van der Waals surface area contributed by atoms with Crippen LogP contribution in [-0.2, 0) is 6.61 Å². The highest BCUT2D eigenvalue weighted by Gasteiger charge is 2.19. The molecule has 9 heteroatoms. The Bertz CT molecular complexity index is 1070. The fraction of sp³-hybridized carbons (Fsp3) is 0.280. The van der Waals surface area contributed by atoms with Gasteiger partial charge in [0.2, 0.25) is 5.75 Å². The Balaban J connectivity index is 1.63. The molecule has 0 aliphatic rings. The van der Waals surface area contributed by atoms with Crippen molar-refractivity contribution in [2.75, 3.05) is 19.8 Å². The smallest absolute Gasteiger partial charge is 0.305 e. The summed E-state index contributed by atoms with van der Waals surface area (Å²) in [5.41, 5.74) is 4.94. The second kappa shape index (κ2) is 12.2. The van der Waals surface area contributed by atoms with Crippen molar-refractivity contribution in [3.63, 3.8) is 0 Å². The molecule has 0 spiro atoms. The minimum absolute atomic E-state index is 0.0312. The summed E-state index contributed by atoms with van der Waals surface area (Å²) < 4.78 is 28.0. The van der Waals surface area contributed by atoms with Crippen molar-refractivity contribution < 1.29 is 33.0 Å². The summed E-state index contributed by atoms with van der Waals surface area (Å²) in [6.45, 7) is 6.82. The summed E-state index contributed by atoms with van der Waals surface area (Å²) in [6, 6.07) is 15.4. The maximum Gasteiger partial charge on any atom is 0.305 e. The van der Waals surface area contributed by atoms with Gasteiger partial charge in [-0.3, -0.25) is 20.4 Å². The van der Waals surface area contributed by atoms with Gasteiger partial charge in [-0.15, -0.1) is 0 Å². The molecule has 0 fully saturated rings. The third-order valence-corrected chi connectivity index (χ3v) is 4.47. The van der Waals surface area contributed by atoms with Crippen molar-refractivity contribution in [2.24, 2.45) is 0 Å². The largest absolute Gasteiger partial charge is 0.490 e. The summed E-state index contributed by atoms with van der Waals surface area (Å²) in [4.78, 5) is 25.1. The van der Waals surface area contributed by atoms with Crippen LogP contribution in [0.3, 0.4) is 0 Å². The van der Waals surface area contributed by atoms with Crippen molar-refractivity contribution in [1.82, 2.24) is 10.9 Å². The van der Waals surface area contributed by atoms with E-state index in [9.17, 15) is 9.59 Å². The second-order valence-electron chi connectivity index (χ2n) is 6.88. The van der Waals surface area contributed by atoms with E-state index < -0.39 is 11.8 Å². The van der Waals surface area contributed by atoms with E-state index in [4.69, 9.17) is 23.4 Å². The van der Waals surface area contributed by atoms with Gasteiger partial charge in [-0.05, 0) is 57.2 Å². The van der Waals surface area contributed by atoms with Gasteiger partial charge in [0.1, 0.15) is 18.1 Å². The first kappa shape index (κ1) is 24.5. The molecule has 180 valence electrons. The summed E-state index contributed by atoms with van der Waals surface area (Å²) in [7, 11) is 0. The third kappa shape index (κ3) is 6.44. The van der Waals surface area contributed by atoms with E-state index in [0.717, 1.165) is 0 Å². The number of para-hydroxylation sites is 1. The number of rotatable bonds is 11. The van der Waals surface area contributed by atoms with Gasteiger partial charge in [0, 0.05) is 5.56 Å². The number of furan rings is 1. The molecule has 0 saturated heterocycles. The summed E-state index contributed by atoms with van der Waals surface area (Å²) in [6.07, 6.45) is 0. The number of hydrogen-bond acceptors (Lipinski definition) is 7. The highest BCUT2D eigenvalue weighted by molar-refractivity contribution is 5.98. The molecule has 0 saturated carbocycles. The molecular weight excluding hydrogens is 440 g/mol. The average Bonchev–Trinajstić information content (AvgIpc) is 3.33. The van der Waals surface area contributed by atoms with Crippen LogP contribution < -0.4 is 29.8 Å². The molecule has 2 N–H and O–H groups in total. The molecule has 3 aromatic rings. The van der Waals surface area contributed by atoms with E-state index >= 15 is 0 Å². The topological polar surface area (TPSA) is 108 Å². The van der Waals surface area contributed by atoms with E-state index in [-0.39, 0.29) is 17.9 Å². The molecule has 0 atom stereocenters. The van der Waals surface area contributed by atoms with E-state index in [1.807, 2.05) is 51.1 Å². The molecule has 1 heterocycles. The average molecular weight is 469 g/mol. The Morgan fingerprint density at radius 3 is 2.00 bits per heavy atom. The minimum Gasteiger partial charge on any atom is -0.490 e. The van der Waals surface area contributed by atoms with E-state index in [1.54, 1.807) is 6.07 Å². The monoisotopic (exact) mass is 468 g/mol. The molecule has 0 aliphatic heterocycles. The van der Waals surface area contributed by atoms with E-state index in [0.29, 0.717) is 48.6 Å². The van der Waals surface area contributed by atoms with Crippen LogP contribution in [0.15, 0.2) is 59.0 Å². The molecule has 2 amide bonds. The lowest BCUT2D eigenvalue weighted by Gasteiger charge is -2.17. The van der Waals surface area contributed by atoms with Crippen molar-refractivity contribution in [3.05, 3.63) is 71.7 Å². The third-order valence-electron chi connectivity index (χ3n) is 4.47. The summed E-state index contributed by atoms with van der Waals surface area (Å²) in [5.74, 6) is 1.19. The van der Waals surface area contributed by atoms with Gasteiger partial charge in [0.25, 0.3) is 5.91 Å². The summed E-state index contributed by atoms with van der Waals surface area (Å²) >= 11 is 0. The van der Waals surface area contributed by atoms with Crippen LogP contribution in [0.25, 0.3) is 0 Å². The molecule has 3 rings (SSSR count). The first-order valence-electron chi connectivity index (χ1n) is 11.0. The predicted octanol–water partition coefficient (Wildman–Crippen LogP) is 4.13. The molecule has 9 nitrogen and oxygen atoms in total. The highest BCUT2D eigenvalue weighted by Crippen LogP contribution is 2.39. The fourth-order valence-corrected chi connectivity index (χ4v) is 3.02. The van der Waals surface area contributed by atoms with Crippen LogP contribution in [0.1, 0.15) is 47.4 Å². The zero-order chi connectivity index (χ0) is 24.3. The van der Waals surface area contributed by atoms with Crippen molar-refractivity contribution >= 4 is 11.8 Å². The molecule has 0 aliphatic carbocycles. The number of hydrogen-bond donors (Lipinski definition) is 2. The van der Waals surface area contributed by atoms with Crippen LogP contribution in [0, 0.1) is 0 Å². The highest BCUT2D eigenvalue weighted by atomic mass is 16.5. The van der Waals surface area contributed by atoms with Gasteiger partial charge < -0.3 is 23.4 Å². The van der Waals surface area contributed by atoms with Crippen LogP contribution in [0.2, 0.25) is 0 Å². The van der Waals surface area contributed by atoms with Gasteiger partial charge in [0.15, 0.2) is 17.3 Å². The summed E-state index contributed by atoms with van der Waals surface area (Å²) in [5, 5.41) is 0. The van der Waals surface area contributed by atoms with Gasteiger partial charge in [-0.2, -0.15) is 0 Å². The minimum atomic E-state index is -0.611. The van der Waals surface area contributed by atoms with Crippen LogP contribution in [0.5, 0.6) is 23.0 Å². The van der Waals surface area contributed by atoms with E-state index in [1.165, 1.54) is 18.2 Å². The van der Waals surface area contributed by atoms with Gasteiger partial charge in [-0.25, -0.2) is 0 Å². The zero-order valence-corrected chi connectivity index (χ0v) is 19.4. The normalized spacial score (nSPS) is 10.3. The Kier molecular flexibility index (Phi) is 8.79. The molecule has 1 aromatic heterocycles. The SMILES string of the molecule is CCOc1cc(C(=O)NNC(=O)c2ccc(COc3ccccc3)o2)cc(OCC)c1OCC. The maximum atomic E-state index is 12.7. The molecule has 2 aromatic carbocycles. The first-order chi connectivity index (χ1) is 16.5. The van der Waals surface area contributed by atoms with Crippen LogP contribution >= 0.6 is 0 Å². The lowest BCUT2D eigenvalue weighted by atomic mass is 10.1. The molecule has 0 bridgehead atoms. The van der Waals surface area contributed by atoms with Crippen LogP contribution in [-0.4, -0.2) is 31.6 Å². The molecule has 34 heavy (non-hydrogen) atoms. The number of carbonyl (C=O) groups excluding carboxylic acids is 2. The lowest BCUT2D eigenvalue weighted by molar-refractivity contribution is 0.0828. The number of ether oxygens (including phenoxy) is 4. The maximum absolute atomic E-state index is 12.7. The number of amides is 2. The van der Waals surface area contributed by atoms with Gasteiger partial charge in [0.05, 0.1) is 19.8 Å². The number of carbonyl (C=O) groups is 2. The fourth-order valence-electron chi connectivity index (χ4n) is 3.02. The predicted molar refractivity (Wildman–Crippen MR) is 124 cm³/mol. The van der Waals surface area contributed by atoms with Gasteiger partial charge in [-0.1, -0.05) is 18.2 Å². The molecule has 0 unspecified atom stereocenters. The quantitative estimate of drug-likeness (QED) is 0.407. The van der Waals surface area contributed by atoms with Crippen molar-refractivity contribution in [3.8, 4) is 23.0 Å². The Morgan fingerprint density at radius 2 is 1.38 bits per heavy atom. The van der Waals surface area contributed by atoms with Crippen molar-refractivity contribution in [2.45, 2.75) is 27.4 Å². The number of nitrogens with one attached hydrogen (secondary N) is 2. The Hall–Kier alpha value is -4.14. The molecular formula is C25H28N2O7.